The van der Waals surface area contributed by atoms with E-state index in [4.69, 9.17) is 14.9 Å². The summed E-state index contributed by atoms with van der Waals surface area (Å²) in [4.78, 5) is 24.7. The number of carbonyl (C=O) groups is 1. The van der Waals surface area contributed by atoms with Crippen molar-refractivity contribution in [2.24, 2.45) is 0 Å². The number of para-hydroxylation sites is 1. The second-order valence-corrected chi connectivity index (χ2v) is 6.96. The summed E-state index contributed by atoms with van der Waals surface area (Å²) in [5.74, 6) is 0.179. The zero-order chi connectivity index (χ0) is 21.1. The van der Waals surface area contributed by atoms with E-state index in [1.165, 1.54) is 0 Å². The Hall–Kier alpha value is -3.94. The van der Waals surface area contributed by atoms with Crippen LogP contribution in [0.3, 0.4) is 0 Å². The van der Waals surface area contributed by atoms with Crippen molar-refractivity contribution in [2.75, 3.05) is 11.1 Å². The summed E-state index contributed by atoms with van der Waals surface area (Å²) < 4.78 is 10.9. The normalized spacial score (nSPS) is 10.9. The predicted molar refractivity (Wildman–Crippen MR) is 113 cm³/mol. The predicted octanol–water partition coefficient (Wildman–Crippen LogP) is 3.85. The van der Waals surface area contributed by atoms with Crippen LogP contribution < -0.4 is 11.1 Å². The van der Waals surface area contributed by atoms with Gasteiger partial charge in [0, 0.05) is 16.6 Å². The first-order valence-corrected chi connectivity index (χ1v) is 9.43. The molecule has 0 bridgehead atoms. The summed E-state index contributed by atoms with van der Waals surface area (Å²) in [6, 6.07) is 13.4. The number of fused-ring (bicyclic) bond motifs is 1. The summed E-state index contributed by atoms with van der Waals surface area (Å²) in [5.41, 5.74) is 10.4. The van der Waals surface area contributed by atoms with E-state index in [1.807, 2.05) is 56.3 Å². The van der Waals surface area contributed by atoms with Crippen molar-refractivity contribution in [2.45, 2.75) is 26.9 Å². The Morgan fingerprint density at radius 1 is 1.10 bits per heavy atom. The van der Waals surface area contributed by atoms with Crippen molar-refractivity contribution in [1.82, 2.24) is 15.0 Å². The maximum atomic E-state index is 12.4. The van der Waals surface area contributed by atoms with Gasteiger partial charge in [-0.2, -0.15) is 15.0 Å². The minimum atomic E-state index is -0.410. The lowest BCUT2D eigenvalue weighted by atomic mass is 10.0. The van der Waals surface area contributed by atoms with E-state index < -0.39 is 5.97 Å². The van der Waals surface area contributed by atoms with Crippen LogP contribution in [-0.2, 0) is 22.6 Å². The molecule has 8 nitrogen and oxygen atoms in total. The number of nitrogens with two attached hydrogens (primary N) is 1. The van der Waals surface area contributed by atoms with Crippen LogP contribution in [0.5, 0.6) is 0 Å². The smallest absolute Gasteiger partial charge is 0.310 e. The monoisotopic (exact) mass is 403 g/mol. The van der Waals surface area contributed by atoms with Crippen molar-refractivity contribution in [3.05, 3.63) is 71.2 Å². The third-order valence-corrected chi connectivity index (χ3v) is 4.70. The highest BCUT2D eigenvalue weighted by atomic mass is 16.5. The second kappa shape index (κ2) is 8.20. The molecule has 3 N–H and O–H groups in total. The van der Waals surface area contributed by atoms with Crippen LogP contribution in [0.25, 0.3) is 11.0 Å². The van der Waals surface area contributed by atoms with Gasteiger partial charge in [0.2, 0.25) is 11.9 Å². The zero-order valence-corrected chi connectivity index (χ0v) is 16.7. The first-order valence-electron chi connectivity index (χ1n) is 9.43. The number of nitrogen functional groups attached to an aromatic ring is 1. The summed E-state index contributed by atoms with van der Waals surface area (Å²) >= 11 is 0. The van der Waals surface area contributed by atoms with Gasteiger partial charge in [-0.1, -0.05) is 18.2 Å². The maximum absolute atomic E-state index is 12.4. The van der Waals surface area contributed by atoms with Crippen LogP contribution in [0.1, 0.15) is 22.5 Å². The SMILES string of the molecule is Cc1cc2occ(CC(=O)OCc3nc(N)nc(Nc4ccccc4)n3)c2cc1C. The number of esters is 1. The molecule has 30 heavy (non-hydrogen) atoms. The zero-order valence-electron chi connectivity index (χ0n) is 16.7. The third kappa shape index (κ3) is 4.38. The number of carbonyl (C=O) groups excluding carboxylic acids is 1. The van der Waals surface area contributed by atoms with Crippen LogP contribution in [0, 0.1) is 13.8 Å². The number of aryl methyl sites for hydroxylation is 2. The Balaban J connectivity index is 1.42. The van der Waals surface area contributed by atoms with Gasteiger partial charge in [-0.3, -0.25) is 4.79 Å². The van der Waals surface area contributed by atoms with Crippen LogP contribution in [-0.4, -0.2) is 20.9 Å². The Morgan fingerprint density at radius 2 is 1.87 bits per heavy atom. The Morgan fingerprint density at radius 3 is 2.67 bits per heavy atom. The van der Waals surface area contributed by atoms with E-state index in [0.717, 1.165) is 33.3 Å². The quantitative estimate of drug-likeness (QED) is 0.466. The largest absolute Gasteiger partial charge is 0.464 e. The Kier molecular flexibility index (Phi) is 5.30. The molecule has 0 aliphatic carbocycles. The number of aromatic nitrogens is 3. The topological polar surface area (TPSA) is 116 Å². The third-order valence-electron chi connectivity index (χ3n) is 4.70. The van der Waals surface area contributed by atoms with E-state index in [2.05, 4.69) is 20.3 Å². The van der Waals surface area contributed by atoms with E-state index >= 15 is 0 Å². The van der Waals surface area contributed by atoms with Gasteiger partial charge >= 0.3 is 5.97 Å². The van der Waals surface area contributed by atoms with Gasteiger partial charge in [0.05, 0.1) is 12.7 Å². The molecule has 2 aromatic carbocycles. The van der Waals surface area contributed by atoms with Crippen molar-refractivity contribution in [3.8, 4) is 0 Å². The average molecular weight is 403 g/mol. The number of furan rings is 1. The number of rotatable bonds is 6. The molecule has 0 saturated heterocycles. The number of hydrogen-bond donors (Lipinski definition) is 2. The van der Waals surface area contributed by atoms with Crippen LogP contribution >= 0.6 is 0 Å². The molecule has 4 aromatic rings. The summed E-state index contributed by atoms with van der Waals surface area (Å²) in [6.07, 6.45) is 1.68. The summed E-state index contributed by atoms with van der Waals surface area (Å²) in [6.45, 7) is 3.94. The molecule has 0 fully saturated rings. The second-order valence-electron chi connectivity index (χ2n) is 6.96. The average Bonchev–Trinajstić information content (AvgIpc) is 3.08. The first-order chi connectivity index (χ1) is 14.5. The number of anilines is 3. The molecular weight excluding hydrogens is 382 g/mol. The first kappa shape index (κ1) is 19.4. The molecule has 0 amide bonds. The van der Waals surface area contributed by atoms with E-state index in [-0.39, 0.29) is 30.7 Å². The lowest BCUT2D eigenvalue weighted by Crippen LogP contribution is -2.12. The Labute approximate surface area is 173 Å². The number of ether oxygens (including phenoxy) is 1. The number of benzene rings is 2. The number of hydrogen-bond acceptors (Lipinski definition) is 8. The fourth-order valence-electron chi connectivity index (χ4n) is 3.03. The van der Waals surface area contributed by atoms with E-state index in [9.17, 15) is 4.79 Å². The molecule has 0 radical (unpaired) electrons. The van der Waals surface area contributed by atoms with Crippen molar-refractivity contribution in [1.29, 1.82) is 0 Å². The van der Waals surface area contributed by atoms with Gasteiger partial charge < -0.3 is 20.2 Å². The lowest BCUT2D eigenvalue weighted by molar-refractivity contribution is -0.144. The van der Waals surface area contributed by atoms with Gasteiger partial charge in [-0.05, 0) is 49.2 Å². The number of nitrogens with one attached hydrogen (secondary N) is 1. The van der Waals surface area contributed by atoms with Crippen molar-refractivity contribution >= 4 is 34.5 Å². The molecule has 0 atom stereocenters. The molecule has 2 aromatic heterocycles. The molecule has 0 saturated carbocycles. The van der Waals surface area contributed by atoms with Gasteiger partial charge in [-0.15, -0.1) is 0 Å². The van der Waals surface area contributed by atoms with E-state index in [1.54, 1.807) is 6.26 Å². The molecule has 0 unspecified atom stereocenters. The minimum Gasteiger partial charge on any atom is -0.464 e. The number of nitrogens with zero attached hydrogens (tertiary/aromatic N) is 3. The highest BCUT2D eigenvalue weighted by molar-refractivity contribution is 5.86. The molecule has 8 heteroatoms. The van der Waals surface area contributed by atoms with Crippen LogP contribution in [0.2, 0.25) is 0 Å². The summed E-state index contributed by atoms with van der Waals surface area (Å²) in [7, 11) is 0. The van der Waals surface area contributed by atoms with Gasteiger partial charge in [0.1, 0.15) is 5.58 Å². The molecule has 0 aliphatic heterocycles. The van der Waals surface area contributed by atoms with E-state index in [0.29, 0.717) is 0 Å². The van der Waals surface area contributed by atoms with Crippen molar-refractivity contribution in [3.63, 3.8) is 0 Å². The minimum absolute atomic E-state index is 0.0427. The molecule has 4 rings (SSSR count). The Bertz CT molecular complexity index is 1200. The van der Waals surface area contributed by atoms with Gasteiger partial charge in [-0.25, -0.2) is 0 Å². The van der Waals surface area contributed by atoms with Gasteiger partial charge in [0.15, 0.2) is 12.4 Å². The lowest BCUT2D eigenvalue weighted by Gasteiger charge is -2.08. The fraction of sp³-hybridized carbons (Fsp3) is 0.182. The fourth-order valence-corrected chi connectivity index (χ4v) is 3.03. The standard InChI is InChI=1S/C22H21N5O3/c1-13-8-17-15(11-29-18(17)9-14(13)2)10-20(28)30-12-19-25-21(23)27-22(26-19)24-16-6-4-3-5-7-16/h3-9,11H,10,12H2,1-2H3,(H3,23,24,25,26,27). The maximum Gasteiger partial charge on any atom is 0.310 e. The highest BCUT2D eigenvalue weighted by Crippen LogP contribution is 2.25. The van der Waals surface area contributed by atoms with Crippen molar-refractivity contribution < 1.29 is 13.9 Å². The summed E-state index contributed by atoms with van der Waals surface area (Å²) in [5, 5.41) is 3.95. The van der Waals surface area contributed by atoms with Crippen LogP contribution in [0.15, 0.2) is 53.1 Å². The molecule has 152 valence electrons. The molecule has 0 spiro atoms. The molecule has 2 heterocycles. The van der Waals surface area contributed by atoms with Gasteiger partial charge in [0.25, 0.3) is 0 Å². The molecule has 0 aliphatic rings. The van der Waals surface area contributed by atoms with Crippen LogP contribution in [0.4, 0.5) is 17.6 Å². The highest BCUT2D eigenvalue weighted by Gasteiger charge is 2.14. The molecular formula is C22H21N5O3.